The minimum atomic E-state index is -1.00. The summed E-state index contributed by atoms with van der Waals surface area (Å²) in [4.78, 5) is 35.9. The third-order valence-electron chi connectivity index (χ3n) is 10.9. The second kappa shape index (κ2) is 31.6. The molecule has 2 aliphatic heterocycles. The van der Waals surface area contributed by atoms with Crippen LogP contribution in [0, 0.1) is 48.7 Å². The smallest absolute Gasteiger partial charge is 0.850 e. The van der Waals surface area contributed by atoms with Crippen molar-refractivity contribution in [1.29, 1.82) is 0 Å². The van der Waals surface area contributed by atoms with E-state index in [0.717, 1.165) is 87.0 Å². The first-order valence-electron chi connectivity index (χ1n) is 23.2. The molecule has 0 radical (unpaired) electrons. The number of nitrogens with zero attached hydrogens (tertiary/aromatic N) is 3. The second-order valence-electron chi connectivity index (χ2n) is 17.7. The van der Waals surface area contributed by atoms with Crippen molar-refractivity contribution in [1.82, 2.24) is 20.2 Å². The minimum Gasteiger partial charge on any atom is -0.850 e. The van der Waals surface area contributed by atoms with Gasteiger partial charge in [0, 0.05) is 42.7 Å². The molecule has 0 saturated carbocycles. The molecule has 16 heteroatoms. The van der Waals surface area contributed by atoms with Gasteiger partial charge in [0.15, 0.2) is 0 Å². The van der Waals surface area contributed by atoms with Gasteiger partial charge >= 0.3 is 51.4 Å². The number of alkyl halides is 2. The third-order valence-corrected chi connectivity index (χ3v) is 14.3. The Morgan fingerprint density at radius 1 is 0.736 bits per heavy atom. The van der Waals surface area contributed by atoms with Gasteiger partial charge in [-0.05, 0) is 168 Å². The number of carbonyl (C=O) groups is 2. The van der Waals surface area contributed by atoms with Crippen molar-refractivity contribution < 1.29 is 81.3 Å². The van der Waals surface area contributed by atoms with E-state index < -0.39 is 12.8 Å². The Morgan fingerprint density at radius 2 is 1.15 bits per heavy atom. The summed E-state index contributed by atoms with van der Waals surface area (Å²) in [5.74, 6) is 1.58. The molecule has 2 aromatic heterocycles. The van der Waals surface area contributed by atoms with Gasteiger partial charge in [0.05, 0.1) is 42.1 Å². The zero-order valence-corrected chi connectivity index (χ0v) is 51.8. The van der Waals surface area contributed by atoms with Gasteiger partial charge in [-0.15, -0.1) is 17.2 Å². The number of amides is 2. The number of fused-ring (bicyclic) bond motifs is 2. The van der Waals surface area contributed by atoms with Crippen LogP contribution >= 0.6 is 80.0 Å². The molecule has 0 aliphatic carbocycles. The molecule has 4 heterocycles. The average Bonchev–Trinajstić information content (AvgIpc) is 3.31. The molecule has 1 N–H and O–H groups in total. The maximum Gasteiger partial charge on any atom is 1.00 e. The van der Waals surface area contributed by atoms with Gasteiger partial charge in [-0.25, -0.2) is 9.97 Å². The number of hydrogen-bond donors (Lipinski definition) is 1. The molecular formula is C56H65Cl3FI2KN4O5. The van der Waals surface area contributed by atoms with Crippen molar-refractivity contribution in [2.24, 2.45) is 0 Å². The van der Waals surface area contributed by atoms with Crippen LogP contribution in [0.25, 0.3) is 0 Å². The predicted molar refractivity (Wildman–Crippen MR) is 304 cm³/mol. The SMILES string of the molecule is C.CC(C)(C)[O-].Cc1cc(C)c(CCl)c(OCc2ccccc2)n1.Cc1cc(C)c(CN2CCc3c(C)cc(I)c(Cl)c3C2=O)c(OCc2ccccc2)n1.Cc1cc(I)c(Cl)c2c1CCNC2=O.[2H]CF.[K+]. The van der Waals surface area contributed by atoms with E-state index in [2.05, 4.69) is 60.5 Å². The summed E-state index contributed by atoms with van der Waals surface area (Å²) < 4.78 is 29.2. The van der Waals surface area contributed by atoms with Crippen LogP contribution in [0.2, 0.25) is 10.0 Å². The summed E-state index contributed by atoms with van der Waals surface area (Å²) in [5.41, 5.74) is 13.1. The number of benzene rings is 4. The maximum atomic E-state index is 13.4. The monoisotopic (exact) mass is 1290 g/mol. The molecule has 9 nitrogen and oxygen atoms in total. The average molecular weight is 1290 g/mol. The molecule has 382 valence electrons. The normalized spacial score (nSPS) is 12.3. The van der Waals surface area contributed by atoms with Crippen molar-refractivity contribution in [3.05, 3.63) is 180 Å². The van der Waals surface area contributed by atoms with Gasteiger partial charge < -0.3 is 24.8 Å². The van der Waals surface area contributed by atoms with Crippen LogP contribution in [0.1, 0.15) is 117 Å². The van der Waals surface area contributed by atoms with Gasteiger partial charge in [0.1, 0.15) is 13.2 Å². The third kappa shape index (κ3) is 19.3. The van der Waals surface area contributed by atoms with E-state index in [0.29, 0.717) is 71.7 Å². The van der Waals surface area contributed by atoms with E-state index >= 15 is 0 Å². The fourth-order valence-electron chi connectivity index (χ4n) is 7.62. The van der Waals surface area contributed by atoms with Crippen LogP contribution in [0.5, 0.6) is 11.8 Å². The Hall–Kier alpha value is -2.42. The Kier molecular flexibility index (Phi) is 28.0. The summed E-state index contributed by atoms with van der Waals surface area (Å²) in [6, 6.07) is 28.2. The summed E-state index contributed by atoms with van der Waals surface area (Å²) in [7, 11) is -1.00. The summed E-state index contributed by atoms with van der Waals surface area (Å²) in [6.45, 7) is 19.7. The van der Waals surface area contributed by atoms with Gasteiger partial charge in [-0.1, -0.05) is 112 Å². The summed E-state index contributed by atoms with van der Waals surface area (Å²) in [5, 5.41) is 14.0. The van der Waals surface area contributed by atoms with Gasteiger partial charge in [-0.2, -0.15) is 0 Å². The molecule has 2 amide bonds. The molecule has 8 rings (SSSR count). The first-order valence-corrected chi connectivity index (χ1v) is 25.9. The molecule has 0 atom stereocenters. The fraction of sp³-hybridized carbons (Fsp3) is 0.357. The first kappa shape index (κ1) is 63.9. The number of aromatic nitrogens is 2. The molecule has 0 bridgehead atoms. The van der Waals surface area contributed by atoms with Gasteiger partial charge in [0.25, 0.3) is 11.8 Å². The van der Waals surface area contributed by atoms with Crippen LogP contribution in [0.15, 0.2) is 84.9 Å². The Morgan fingerprint density at radius 3 is 1.61 bits per heavy atom. The number of pyridine rings is 2. The summed E-state index contributed by atoms with van der Waals surface area (Å²) >= 11 is 23.0. The van der Waals surface area contributed by atoms with Crippen molar-refractivity contribution >= 4 is 91.8 Å². The standard InChI is InChI=1S/C25H24ClIN2O2.C15H16ClNO.C10H9ClINO.C4H9O.CH3F.CH4.K/c1-15-11-17(3)28-24(31-14-18-7-5-4-6-8-18)20(15)13-29-10-9-19-16(2)12-21(27)23(26)22(19)25(29)30;1-11-8-12(2)17-15(14(11)9-16)18-10-13-6-4-3-5-7-13;1-5-4-7(12)9(11)8-6(5)2-3-13-10(8)14;1-4(2,3)5;1-2;;/h4-8,11-12H,9-10,13-14H2,1-3H3;3-8H,9-10H2,1-2H3;4H,2-3H2,1H3,(H,13,14);1-3H3;1H3;1H4;/q;;;-1;;;+1/i;;;;1D;;. The van der Waals surface area contributed by atoms with Crippen molar-refractivity contribution in [2.45, 2.75) is 114 Å². The van der Waals surface area contributed by atoms with E-state index in [9.17, 15) is 19.1 Å². The van der Waals surface area contributed by atoms with E-state index in [1.807, 2.05) is 131 Å². The van der Waals surface area contributed by atoms with Crippen molar-refractivity contribution in [3.63, 3.8) is 0 Å². The molecule has 72 heavy (non-hydrogen) atoms. The van der Waals surface area contributed by atoms with E-state index in [1.165, 1.54) is 0 Å². The predicted octanol–water partition coefficient (Wildman–Crippen LogP) is 11.0. The Bertz CT molecular complexity index is 2770. The molecule has 0 unspecified atom stereocenters. The molecular weight excluding hydrogens is 1230 g/mol. The fourth-order valence-corrected chi connectivity index (χ4v) is 9.93. The number of carbonyl (C=O) groups excluding carboxylic acids is 2. The molecule has 6 aromatic rings. The number of nitrogens with one attached hydrogen (secondary N) is 1. The maximum absolute atomic E-state index is 13.4. The van der Waals surface area contributed by atoms with Crippen LogP contribution < -0.4 is 71.3 Å². The Labute approximate surface area is 513 Å². The largest absolute Gasteiger partial charge is 1.00 e. The van der Waals surface area contributed by atoms with Crippen LogP contribution in [0.3, 0.4) is 0 Å². The molecule has 4 aromatic carbocycles. The number of halogens is 6. The van der Waals surface area contributed by atoms with Gasteiger partial charge in [0.2, 0.25) is 11.8 Å². The number of aryl methyl sites for hydroxylation is 6. The van der Waals surface area contributed by atoms with Crippen molar-refractivity contribution in [3.8, 4) is 11.8 Å². The van der Waals surface area contributed by atoms with E-state index in [4.69, 9.17) is 45.6 Å². The number of ether oxygens (including phenoxy) is 2. The van der Waals surface area contributed by atoms with E-state index in [1.54, 1.807) is 20.8 Å². The summed E-state index contributed by atoms with van der Waals surface area (Å²) in [6.07, 6.45) is 1.67. The zero-order valence-electron chi connectivity index (χ0n) is 43.1. The molecule has 0 spiro atoms. The zero-order chi connectivity index (χ0) is 52.6. The topological polar surface area (TPSA) is 117 Å². The van der Waals surface area contributed by atoms with Crippen LogP contribution in [-0.2, 0) is 38.5 Å². The Balaban J connectivity index is 0.000000369. The number of hydrogen-bond acceptors (Lipinski definition) is 7. The van der Waals surface area contributed by atoms with Crippen LogP contribution in [0.4, 0.5) is 4.39 Å². The molecule has 2 aliphatic rings. The molecule has 0 saturated heterocycles. The second-order valence-corrected chi connectivity index (χ2v) is 21.0. The van der Waals surface area contributed by atoms with E-state index in [-0.39, 0.29) is 70.6 Å². The van der Waals surface area contributed by atoms with Gasteiger partial charge in [-0.3, -0.25) is 14.0 Å². The minimum absolute atomic E-state index is 0. The quantitative estimate of drug-likeness (QED) is 0.0871. The first-order chi connectivity index (χ1) is 33.6. The van der Waals surface area contributed by atoms with Crippen LogP contribution in [-0.4, -0.2) is 52.5 Å². The van der Waals surface area contributed by atoms with Crippen molar-refractivity contribution in [2.75, 3.05) is 20.2 Å². The number of rotatable bonds is 9. The molecule has 0 fully saturated rings.